The van der Waals surface area contributed by atoms with E-state index >= 15 is 0 Å². The fourth-order valence-corrected chi connectivity index (χ4v) is 5.75. The van der Waals surface area contributed by atoms with Crippen molar-refractivity contribution in [3.05, 3.63) is 59.4 Å². The third-order valence-electron chi connectivity index (χ3n) is 7.34. The number of nitrogens with one attached hydrogen (secondary N) is 1. The number of carbonyl (C=O) groups excluding carboxylic acids is 1. The number of anilines is 2. The van der Waals surface area contributed by atoms with Crippen LogP contribution in [0.1, 0.15) is 47.5 Å². The SMILES string of the molecule is CN1CCN2c3c(cccc31)[C@@H]1C[NH+](CCCCC(=O)c3ccc(F)cc3)CC[C@@H]12. The van der Waals surface area contributed by atoms with Gasteiger partial charge in [-0.15, -0.1) is 0 Å². The van der Waals surface area contributed by atoms with Crippen LogP contribution in [0.15, 0.2) is 42.5 Å². The van der Waals surface area contributed by atoms with Crippen molar-refractivity contribution in [2.75, 3.05) is 49.6 Å². The number of para-hydroxylation sites is 1. The van der Waals surface area contributed by atoms with E-state index in [1.54, 1.807) is 22.6 Å². The lowest BCUT2D eigenvalue weighted by Gasteiger charge is -2.40. The van der Waals surface area contributed by atoms with Gasteiger partial charge in [0.1, 0.15) is 5.82 Å². The van der Waals surface area contributed by atoms with Crippen LogP contribution < -0.4 is 14.7 Å². The Morgan fingerprint density at radius 1 is 1.13 bits per heavy atom. The molecule has 2 aromatic carbocycles. The molecule has 158 valence electrons. The highest BCUT2D eigenvalue weighted by Crippen LogP contribution is 2.48. The number of carbonyl (C=O) groups is 1. The van der Waals surface area contributed by atoms with E-state index in [1.807, 2.05) is 0 Å². The minimum absolute atomic E-state index is 0.124. The van der Waals surface area contributed by atoms with E-state index in [4.69, 9.17) is 0 Å². The largest absolute Gasteiger partial charge is 0.371 e. The monoisotopic (exact) mass is 408 g/mol. The number of benzene rings is 2. The van der Waals surface area contributed by atoms with Crippen molar-refractivity contribution in [3.63, 3.8) is 0 Å². The minimum Gasteiger partial charge on any atom is -0.371 e. The average Bonchev–Trinajstić information content (AvgIpc) is 3.08. The zero-order valence-corrected chi connectivity index (χ0v) is 17.7. The van der Waals surface area contributed by atoms with Crippen LogP contribution in [0.25, 0.3) is 0 Å². The molecule has 0 spiro atoms. The van der Waals surface area contributed by atoms with Gasteiger partial charge in [-0.3, -0.25) is 4.79 Å². The first-order valence-corrected chi connectivity index (χ1v) is 11.3. The summed E-state index contributed by atoms with van der Waals surface area (Å²) in [7, 11) is 2.21. The fourth-order valence-electron chi connectivity index (χ4n) is 5.75. The second kappa shape index (κ2) is 8.03. The van der Waals surface area contributed by atoms with E-state index in [1.165, 1.54) is 43.0 Å². The van der Waals surface area contributed by atoms with E-state index in [2.05, 4.69) is 35.0 Å². The Morgan fingerprint density at radius 3 is 2.80 bits per heavy atom. The van der Waals surface area contributed by atoms with E-state index < -0.39 is 0 Å². The molecule has 4 nitrogen and oxygen atoms in total. The van der Waals surface area contributed by atoms with Crippen LogP contribution in [0.3, 0.4) is 0 Å². The van der Waals surface area contributed by atoms with Gasteiger partial charge in [0.25, 0.3) is 0 Å². The summed E-state index contributed by atoms with van der Waals surface area (Å²) in [4.78, 5) is 19.1. The van der Waals surface area contributed by atoms with Crippen LogP contribution >= 0.6 is 0 Å². The van der Waals surface area contributed by atoms with Crippen molar-refractivity contribution in [2.45, 2.75) is 37.6 Å². The van der Waals surface area contributed by atoms with Gasteiger partial charge in [0, 0.05) is 44.6 Å². The van der Waals surface area contributed by atoms with Gasteiger partial charge in [-0.2, -0.15) is 0 Å². The summed E-state index contributed by atoms with van der Waals surface area (Å²) in [5, 5.41) is 0. The predicted molar refractivity (Wildman–Crippen MR) is 118 cm³/mol. The highest BCUT2D eigenvalue weighted by molar-refractivity contribution is 5.95. The van der Waals surface area contributed by atoms with Gasteiger partial charge >= 0.3 is 0 Å². The molecule has 3 aliphatic heterocycles. The van der Waals surface area contributed by atoms with Crippen molar-refractivity contribution >= 4 is 17.2 Å². The molecule has 1 saturated heterocycles. The third kappa shape index (κ3) is 3.49. The number of fused-ring (bicyclic) bond motifs is 3. The molecule has 3 atom stereocenters. The number of rotatable bonds is 6. The zero-order chi connectivity index (χ0) is 20.7. The summed E-state index contributed by atoms with van der Waals surface area (Å²) in [5.74, 6) is 0.467. The number of likely N-dealkylation sites (tertiary alicyclic amines) is 1. The Hall–Kier alpha value is -2.40. The van der Waals surface area contributed by atoms with E-state index in [0.29, 0.717) is 23.9 Å². The summed E-state index contributed by atoms with van der Waals surface area (Å²) in [6.45, 7) is 5.81. The van der Waals surface area contributed by atoms with E-state index in [-0.39, 0.29) is 11.6 Å². The molecular formula is C25H31FN3O+. The Labute approximate surface area is 178 Å². The summed E-state index contributed by atoms with van der Waals surface area (Å²) >= 11 is 0. The summed E-state index contributed by atoms with van der Waals surface area (Å²) in [6, 6.07) is 13.4. The Balaban J connectivity index is 1.16. The first-order valence-electron chi connectivity index (χ1n) is 11.3. The topological polar surface area (TPSA) is 28.0 Å². The minimum atomic E-state index is -0.292. The summed E-state index contributed by atoms with van der Waals surface area (Å²) in [5.41, 5.74) is 5.06. The van der Waals surface area contributed by atoms with Crippen molar-refractivity contribution in [1.82, 2.24) is 0 Å². The lowest BCUT2D eigenvalue weighted by Crippen LogP contribution is -3.14. The number of hydrogen-bond acceptors (Lipinski definition) is 3. The molecule has 3 heterocycles. The van der Waals surface area contributed by atoms with Crippen LogP contribution in [0.5, 0.6) is 0 Å². The number of Topliss-reactive ketones (excluding diaryl/α,β-unsaturated/α-hetero) is 1. The molecule has 2 aromatic rings. The van der Waals surface area contributed by atoms with Crippen LogP contribution in [-0.2, 0) is 0 Å². The second-order valence-corrected chi connectivity index (χ2v) is 9.13. The molecule has 0 aromatic heterocycles. The molecule has 0 saturated carbocycles. The average molecular weight is 409 g/mol. The molecule has 0 amide bonds. The van der Waals surface area contributed by atoms with Crippen molar-refractivity contribution in [1.29, 1.82) is 0 Å². The number of ketones is 1. The van der Waals surface area contributed by atoms with Crippen molar-refractivity contribution < 1.29 is 14.1 Å². The van der Waals surface area contributed by atoms with Gasteiger partial charge in [0.05, 0.1) is 36.9 Å². The standard InChI is InChI=1S/C25H30FN3O/c1-27-15-16-29-22-12-14-28(17-21(22)20-5-4-6-23(27)25(20)29)13-3-2-7-24(30)18-8-10-19(26)11-9-18/h4-6,8-11,21-22H,2-3,7,12-17H2,1H3/p+1/t21-,22-/m0/s1. The van der Waals surface area contributed by atoms with E-state index in [0.717, 1.165) is 32.5 Å². The number of hydrogen-bond donors (Lipinski definition) is 1. The Kier molecular flexibility index (Phi) is 5.23. The van der Waals surface area contributed by atoms with Crippen LogP contribution in [0, 0.1) is 5.82 Å². The molecule has 1 fully saturated rings. The van der Waals surface area contributed by atoms with Crippen LogP contribution in [0.4, 0.5) is 15.8 Å². The van der Waals surface area contributed by atoms with Crippen LogP contribution in [0.2, 0.25) is 0 Å². The highest BCUT2D eigenvalue weighted by atomic mass is 19.1. The van der Waals surface area contributed by atoms with Gasteiger partial charge in [0.2, 0.25) is 0 Å². The van der Waals surface area contributed by atoms with Gasteiger partial charge in [0.15, 0.2) is 5.78 Å². The van der Waals surface area contributed by atoms with Gasteiger partial charge in [-0.25, -0.2) is 4.39 Å². The quantitative estimate of drug-likeness (QED) is 0.589. The molecule has 1 N–H and O–H groups in total. The third-order valence-corrected chi connectivity index (χ3v) is 7.34. The van der Waals surface area contributed by atoms with Gasteiger partial charge in [-0.05, 0) is 48.7 Å². The first kappa shape index (κ1) is 19.6. The summed E-state index contributed by atoms with van der Waals surface area (Å²) in [6.07, 6.45) is 3.79. The maximum absolute atomic E-state index is 13.0. The number of nitrogens with zero attached hydrogens (tertiary/aromatic N) is 2. The number of halogens is 1. The smallest absolute Gasteiger partial charge is 0.162 e. The number of quaternary nitrogens is 1. The maximum atomic E-state index is 13.0. The number of unbranched alkanes of at least 4 members (excludes halogenated alkanes) is 1. The first-order chi connectivity index (χ1) is 14.6. The van der Waals surface area contributed by atoms with Crippen molar-refractivity contribution in [2.24, 2.45) is 0 Å². The van der Waals surface area contributed by atoms with E-state index in [9.17, 15) is 9.18 Å². The van der Waals surface area contributed by atoms with Gasteiger partial charge < -0.3 is 14.7 Å². The molecule has 5 rings (SSSR count). The fraction of sp³-hybridized carbons (Fsp3) is 0.480. The second-order valence-electron chi connectivity index (χ2n) is 9.13. The normalized spacial score (nSPS) is 24.5. The number of likely N-dealkylation sites (N-methyl/N-ethyl adjacent to an activating group) is 1. The lowest BCUT2D eigenvalue weighted by atomic mass is 9.89. The van der Waals surface area contributed by atoms with Gasteiger partial charge in [-0.1, -0.05) is 12.1 Å². The highest BCUT2D eigenvalue weighted by Gasteiger charge is 2.46. The molecule has 1 unspecified atom stereocenters. The zero-order valence-electron chi connectivity index (χ0n) is 17.7. The molecule has 3 aliphatic rings. The Morgan fingerprint density at radius 2 is 1.97 bits per heavy atom. The van der Waals surface area contributed by atoms with Crippen molar-refractivity contribution in [3.8, 4) is 0 Å². The molecular weight excluding hydrogens is 377 g/mol. The maximum Gasteiger partial charge on any atom is 0.162 e. The molecule has 0 radical (unpaired) electrons. The molecule has 0 aliphatic carbocycles. The Bertz CT molecular complexity index is 928. The lowest BCUT2D eigenvalue weighted by molar-refractivity contribution is -0.906. The molecule has 30 heavy (non-hydrogen) atoms. The van der Waals surface area contributed by atoms with Crippen LogP contribution in [-0.4, -0.2) is 51.6 Å². The predicted octanol–water partition coefficient (Wildman–Crippen LogP) is 2.89. The molecule has 5 heteroatoms. The number of piperidine rings is 1. The molecule has 0 bridgehead atoms. The summed E-state index contributed by atoms with van der Waals surface area (Å²) < 4.78 is 13.0.